The lowest BCUT2D eigenvalue weighted by molar-refractivity contribution is -0.121. The van der Waals surface area contributed by atoms with Gasteiger partial charge in [0.1, 0.15) is 23.3 Å². The molecular formula is C21H26F3N3O3S. The second kappa shape index (κ2) is 9.46. The van der Waals surface area contributed by atoms with E-state index in [0.29, 0.717) is 29.8 Å². The summed E-state index contributed by atoms with van der Waals surface area (Å²) >= 11 is 1.66. The van der Waals surface area contributed by atoms with Crippen LogP contribution >= 0.6 is 11.8 Å². The molecule has 4 rings (SSSR count). The van der Waals surface area contributed by atoms with Crippen LogP contribution in [0.1, 0.15) is 19.3 Å². The molecule has 10 heteroatoms. The third kappa shape index (κ3) is 5.40. The zero-order valence-corrected chi connectivity index (χ0v) is 18.2. The van der Waals surface area contributed by atoms with E-state index in [9.17, 15) is 18.0 Å². The Morgan fingerprint density at radius 1 is 1.26 bits per heavy atom. The molecule has 31 heavy (non-hydrogen) atoms. The summed E-state index contributed by atoms with van der Waals surface area (Å²) in [6.07, 6.45) is 4.70. The van der Waals surface area contributed by atoms with Crippen molar-refractivity contribution in [3.05, 3.63) is 23.7 Å². The number of hydrogen-bond donors (Lipinski definition) is 0. The lowest BCUT2D eigenvalue weighted by atomic mass is 9.93. The SMILES string of the molecule is CN1CCC(COC2=CC3=NC(CSC4CCOCC4)=NC(=O)C3C(F)=C2)C(F)(F)C1. The van der Waals surface area contributed by atoms with Crippen LogP contribution < -0.4 is 0 Å². The number of thioether (sulfide) groups is 1. The van der Waals surface area contributed by atoms with Gasteiger partial charge in [-0.15, -0.1) is 0 Å². The van der Waals surface area contributed by atoms with Crippen molar-refractivity contribution in [1.29, 1.82) is 0 Å². The van der Waals surface area contributed by atoms with E-state index < -0.39 is 29.5 Å². The maximum absolute atomic E-state index is 14.6. The van der Waals surface area contributed by atoms with Crippen LogP contribution in [0.2, 0.25) is 0 Å². The molecule has 2 atom stereocenters. The van der Waals surface area contributed by atoms with Gasteiger partial charge in [0, 0.05) is 30.6 Å². The van der Waals surface area contributed by atoms with Crippen LogP contribution in [0.3, 0.4) is 0 Å². The lowest BCUT2D eigenvalue weighted by Crippen LogP contribution is -2.48. The summed E-state index contributed by atoms with van der Waals surface area (Å²) in [5.74, 6) is -5.41. The fourth-order valence-electron chi connectivity index (χ4n) is 4.08. The number of carbonyl (C=O) groups excluding carboxylic acids is 1. The molecule has 3 aliphatic heterocycles. The Labute approximate surface area is 183 Å². The Bertz CT molecular complexity index is 837. The number of fused-ring (bicyclic) bond motifs is 1. The van der Waals surface area contributed by atoms with Crippen LogP contribution in [0.4, 0.5) is 13.2 Å². The summed E-state index contributed by atoms with van der Waals surface area (Å²) in [6, 6.07) is 0. The molecule has 0 saturated carbocycles. The summed E-state index contributed by atoms with van der Waals surface area (Å²) in [4.78, 5) is 22.3. The van der Waals surface area contributed by atoms with E-state index in [1.807, 2.05) is 0 Å². The molecule has 2 fully saturated rings. The number of ether oxygens (including phenoxy) is 2. The van der Waals surface area contributed by atoms with E-state index in [0.717, 1.165) is 32.1 Å². The number of amides is 1. The molecule has 6 nitrogen and oxygen atoms in total. The molecule has 0 radical (unpaired) electrons. The molecule has 170 valence electrons. The monoisotopic (exact) mass is 457 g/mol. The van der Waals surface area contributed by atoms with E-state index in [4.69, 9.17) is 9.47 Å². The van der Waals surface area contributed by atoms with Gasteiger partial charge >= 0.3 is 0 Å². The first kappa shape index (κ1) is 22.5. The number of nitrogens with zero attached hydrogens (tertiary/aromatic N) is 3. The van der Waals surface area contributed by atoms with Crippen LogP contribution in [0, 0.1) is 11.8 Å². The number of hydrogen-bond acceptors (Lipinski definition) is 6. The van der Waals surface area contributed by atoms with Gasteiger partial charge in [-0.1, -0.05) is 0 Å². The van der Waals surface area contributed by atoms with Crippen LogP contribution in [0.25, 0.3) is 0 Å². The van der Waals surface area contributed by atoms with Gasteiger partial charge in [-0.25, -0.2) is 18.2 Å². The van der Waals surface area contributed by atoms with Crippen molar-refractivity contribution in [1.82, 2.24) is 4.90 Å². The van der Waals surface area contributed by atoms with E-state index >= 15 is 0 Å². The molecule has 0 N–H and O–H groups in total. The zero-order valence-electron chi connectivity index (χ0n) is 17.4. The molecule has 0 aromatic carbocycles. The topological polar surface area (TPSA) is 63.5 Å². The number of rotatable bonds is 6. The fraction of sp³-hybridized carbons (Fsp3) is 0.667. The predicted octanol–water partition coefficient (Wildman–Crippen LogP) is 3.25. The van der Waals surface area contributed by atoms with Gasteiger partial charge in [0.05, 0.1) is 30.5 Å². The molecule has 0 aromatic rings. The first-order valence-corrected chi connectivity index (χ1v) is 11.5. The normalized spacial score (nSPS) is 29.5. The van der Waals surface area contributed by atoms with Crippen molar-refractivity contribution >= 4 is 29.2 Å². The van der Waals surface area contributed by atoms with E-state index in [2.05, 4.69) is 9.98 Å². The molecule has 1 aliphatic carbocycles. The van der Waals surface area contributed by atoms with Gasteiger partial charge in [0.25, 0.3) is 11.8 Å². The number of halogens is 3. The molecule has 2 saturated heterocycles. The Hall–Kier alpha value is -1.65. The molecule has 0 spiro atoms. The molecule has 4 aliphatic rings. The minimum Gasteiger partial charge on any atom is -0.493 e. The van der Waals surface area contributed by atoms with Gasteiger partial charge in [-0.3, -0.25) is 4.79 Å². The standard InChI is InChI=1S/C21H26F3N3O3S/c1-27-5-2-13(21(23,24)12-27)10-30-14-8-16(22)19-17(9-14)25-18(26-20(19)28)11-31-15-3-6-29-7-4-15/h8-9,13,15,19H,2-7,10-12H2,1H3. The van der Waals surface area contributed by atoms with E-state index in [-0.39, 0.29) is 24.6 Å². The highest BCUT2D eigenvalue weighted by Crippen LogP contribution is 2.34. The Balaban J connectivity index is 1.41. The van der Waals surface area contributed by atoms with Gasteiger partial charge in [0.2, 0.25) is 0 Å². The number of amidine groups is 1. The second-order valence-corrected chi connectivity index (χ2v) is 9.62. The molecule has 0 aromatic heterocycles. The molecule has 0 bridgehead atoms. The second-order valence-electron chi connectivity index (χ2n) is 8.33. The van der Waals surface area contributed by atoms with Crippen molar-refractivity contribution in [2.24, 2.45) is 21.8 Å². The Morgan fingerprint density at radius 2 is 2.03 bits per heavy atom. The Morgan fingerprint density at radius 3 is 2.77 bits per heavy atom. The highest BCUT2D eigenvalue weighted by Gasteiger charge is 2.44. The van der Waals surface area contributed by atoms with Crippen molar-refractivity contribution in [3.8, 4) is 0 Å². The molecular weight excluding hydrogens is 431 g/mol. The van der Waals surface area contributed by atoms with E-state index in [1.165, 1.54) is 6.08 Å². The number of carbonyl (C=O) groups is 1. The van der Waals surface area contributed by atoms with Crippen LogP contribution in [0.15, 0.2) is 33.7 Å². The maximum Gasteiger partial charge on any atom is 0.266 e. The van der Waals surface area contributed by atoms with Crippen LogP contribution in [-0.2, 0) is 14.3 Å². The van der Waals surface area contributed by atoms with E-state index in [1.54, 1.807) is 23.7 Å². The first-order valence-electron chi connectivity index (χ1n) is 10.5. The fourth-order valence-corrected chi connectivity index (χ4v) is 5.12. The summed E-state index contributed by atoms with van der Waals surface area (Å²) in [5.41, 5.74) is 0.215. The maximum atomic E-state index is 14.6. The van der Waals surface area contributed by atoms with Crippen LogP contribution in [-0.4, -0.2) is 79.2 Å². The minimum absolute atomic E-state index is 0.105. The number of allylic oxidation sites excluding steroid dienone is 2. The summed E-state index contributed by atoms with van der Waals surface area (Å²) in [6.45, 7) is 1.45. The molecule has 2 unspecified atom stereocenters. The zero-order chi connectivity index (χ0) is 22.0. The van der Waals surface area contributed by atoms with Gasteiger partial charge in [0.15, 0.2) is 0 Å². The number of alkyl halides is 2. The number of piperidine rings is 1. The third-order valence-corrected chi connectivity index (χ3v) is 7.26. The quantitative estimate of drug-likeness (QED) is 0.613. The highest BCUT2D eigenvalue weighted by atomic mass is 32.2. The number of likely N-dealkylation sites (tertiary alicyclic amines) is 1. The first-order chi connectivity index (χ1) is 14.8. The average molecular weight is 458 g/mol. The van der Waals surface area contributed by atoms with Crippen molar-refractivity contribution in [2.75, 3.05) is 45.7 Å². The van der Waals surface area contributed by atoms with Crippen LogP contribution in [0.5, 0.6) is 0 Å². The van der Waals surface area contributed by atoms with Gasteiger partial charge in [-0.2, -0.15) is 16.8 Å². The largest absolute Gasteiger partial charge is 0.493 e. The summed E-state index contributed by atoms with van der Waals surface area (Å²) in [5, 5.41) is 0.415. The molecule has 1 amide bonds. The average Bonchev–Trinajstić information content (AvgIpc) is 2.71. The lowest BCUT2D eigenvalue weighted by Gasteiger charge is -2.36. The van der Waals surface area contributed by atoms with Crippen molar-refractivity contribution in [2.45, 2.75) is 30.4 Å². The smallest absolute Gasteiger partial charge is 0.266 e. The Kier molecular flexibility index (Phi) is 6.88. The van der Waals surface area contributed by atoms with Crippen molar-refractivity contribution < 1.29 is 27.4 Å². The van der Waals surface area contributed by atoms with Crippen molar-refractivity contribution in [3.63, 3.8) is 0 Å². The van der Waals surface area contributed by atoms with Gasteiger partial charge < -0.3 is 14.4 Å². The summed E-state index contributed by atoms with van der Waals surface area (Å²) < 4.78 is 53.9. The minimum atomic E-state index is -2.87. The third-order valence-electron chi connectivity index (χ3n) is 5.89. The predicted molar refractivity (Wildman–Crippen MR) is 113 cm³/mol. The molecule has 3 heterocycles. The summed E-state index contributed by atoms with van der Waals surface area (Å²) in [7, 11) is 1.66. The number of aliphatic imine (C=N–C) groups is 2. The highest BCUT2D eigenvalue weighted by molar-refractivity contribution is 8.00. The van der Waals surface area contributed by atoms with Gasteiger partial charge in [-0.05, 0) is 32.9 Å².